The molecule has 1 aromatic heterocycles. The summed E-state index contributed by atoms with van der Waals surface area (Å²) in [6, 6.07) is 86.0. The molecule has 286 valence electrons. The maximum atomic E-state index is 6.90. The highest BCUT2D eigenvalue weighted by Crippen LogP contribution is 2.60. The van der Waals surface area contributed by atoms with Gasteiger partial charge in [0, 0.05) is 21.9 Å². The number of furan rings is 1. The van der Waals surface area contributed by atoms with Crippen molar-refractivity contribution in [1.29, 1.82) is 0 Å². The van der Waals surface area contributed by atoms with Crippen LogP contribution >= 0.6 is 0 Å². The molecule has 2 heteroatoms. The molecule has 0 bridgehead atoms. The van der Waals surface area contributed by atoms with E-state index in [1.807, 2.05) is 6.07 Å². The molecule has 0 N–H and O–H groups in total. The van der Waals surface area contributed by atoms with E-state index in [9.17, 15) is 0 Å². The van der Waals surface area contributed by atoms with Gasteiger partial charge in [0.2, 0.25) is 0 Å². The number of hydrogen-bond donors (Lipinski definition) is 0. The molecule has 0 amide bonds. The van der Waals surface area contributed by atoms with Crippen molar-refractivity contribution in [3.05, 3.63) is 259 Å². The van der Waals surface area contributed by atoms with Crippen LogP contribution in [0.15, 0.2) is 241 Å². The number of para-hydroxylation sites is 3. The zero-order valence-corrected chi connectivity index (χ0v) is 33.4. The first-order chi connectivity index (χ1) is 30.3. The van der Waals surface area contributed by atoms with E-state index in [2.05, 4.69) is 235 Å². The summed E-state index contributed by atoms with van der Waals surface area (Å²) in [5.74, 6) is 0. The molecule has 0 saturated heterocycles. The summed E-state index contributed by atoms with van der Waals surface area (Å²) in [7, 11) is 0. The second kappa shape index (κ2) is 14.1. The molecule has 0 unspecified atom stereocenters. The molecule has 0 fully saturated rings. The normalized spacial score (nSPS) is 12.7. The van der Waals surface area contributed by atoms with Gasteiger partial charge >= 0.3 is 0 Å². The Hall–Kier alpha value is -7.94. The molecule has 61 heavy (non-hydrogen) atoms. The molecule has 12 rings (SSSR count). The van der Waals surface area contributed by atoms with Crippen LogP contribution in [0, 0.1) is 0 Å². The minimum atomic E-state index is -0.548. The van der Waals surface area contributed by atoms with Crippen molar-refractivity contribution in [1.82, 2.24) is 0 Å². The minimum absolute atomic E-state index is 0.548. The summed E-state index contributed by atoms with van der Waals surface area (Å²) < 4.78 is 6.90. The lowest BCUT2D eigenvalue weighted by molar-refractivity contribution is 0.669. The molecular formula is C59H39NO. The SMILES string of the molecule is c1ccc(C2(c3ccccc3)c3ccccc3-c3c(N(c4ccccc4-c4cccc(-c5cccc6ccccc56)c4)c4cccc5c4oc4ccccc45)cccc32)cc1. The average molecular weight is 778 g/mol. The molecule has 11 aromatic rings. The van der Waals surface area contributed by atoms with Gasteiger partial charge in [0.25, 0.3) is 0 Å². The first-order valence-corrected chi connectivity index (χ1v) is 21.0. The fourth-order valence-corrected chi connectivity index (χ4v) is 10.2. The van der Waals surface area contributed by atoms with Crippen molar-refractivity contribution in [2.24, 2.45) is 0 Å². The lowest BCUT2D eigenvalue weighted by Gasteiger charge is -2.34. The third-order valence-corrected chi connectivity index (χ3v) is 12.7. The summed E-state index contributed by atoms with van der Waals surface area (Å²) in [6.07, 6.45) is 0. The lowest BCUT2D eigenvalue weighted by atomic mass is 9.68. The van der Waals surface area contributed by atoms with Crippen LogP contribution in [-0.2, 0) is 5.41 Å². The monoisotopic (exact) mass is 777 g/mol. The van der Waals surface area contributed by atoms with Crippen LogP contribution in [0.3, 0.4) is 0 Å². The maximum Gasteiger partial charge on any atom is 0.159 e. The van der Waals surface area contributed by atoms with Crippen molar-refractivity contribution in [2.45, 2.75) is 5.41 Å². The highest BCUT2D eigenvalue weighted by atomic mass is 16.3. The van der Waals surface area contributed by atoms with Crippen molar-refractivity contribution in [3.63, 3.8) is 0 Å². The molecule has 1 aliphatic rings. The Morgan fingerprint density at radius 1 is 0.344 bits per heavy atom. The van der Waals surface area contributed by atoms with Crippen LogP contribution in [0.1, 0.15) is 22.3 Å². The van der Waals surface area contributed by atoms with Crippen molar-refractivity contribution < 1.29 is 4.42 Å². The predicted octanol–water partition coefficient (Wildman–Crippen LogP) is 15.9. The molecule has 1 aliphatic carbocycles. The highest BCUT2D eigenvalue weighted by Gasteiger charge is 2.47. The standard InChI is InChI=1S/C59H39NO/c1-3-23-43(24-4-1)59(44-25-5-2-6-26-44)51-33-12-9-30-50(51)57-52(59)34-18-36-54(57)60(55-37-17-32-49-48-29-11-14-38-56(48)61-58(49)55)53-35-13-10-28-47(53)42-22-15-21-41(39-42)46-31-16-20-40-19-7-8-27-45(40)46/h1-39H. The number of rotatable bonds is 7. The predicted molar refractivity (Wildman–Crippen MR) is 254 cm³/mol. The summed E-state index contributed by atoms with van der Waals surface area (Å²) in [5, 5.41) is 4.67. The highest BCUT2D eigenvalue weighted by molar-refractivity contribution is 6.12. The molecule has 0 saturated carbocycles. The van der Waals surface area contributed by atoms with Crippen LogP contribution in [0.4, 0.5) is 17.1 Å². The number of fused-ring (bicyclic) bond motifs is 7. The van der Waals surface area contributed by atoms with Crippen LogP contribution in [0.25, 0.3) is 66.1 Å². The second-order valence-electron chi connectivity index (χ2n) is 15.9. The third kappa shape index (κ3) is 5.36. The van der Waals surface area contributed by atoms with Gasteiger partial charge in [-0.3, -0.25) is 0 Å². The van der Waals surface area contributed by atoms with Gasteiger partial charge in [0.05, 0.1) is 22.5 Å². The van der Waals surface area contributed by atoms with Gasteiger partial charge in [-0.25, -0.2) is 0 Å². The molecule has 10 aromatic carbocycles. The van der Waals surface area contributed by atoms with Crippen LogP contribution < -0.4 is 4.90 Å². The van der Waals surface area contributed by atoms with E-state index in [0.717, 1.165) is 50.1 Å². The first-order valence-electron chi connectivity index (χ1n) is 21.0. The second-order valence-corrected chi connectivity index (χ2v) is 15.9. The van der Waals surface area contributed by atoms with E-state index in [1.165, 1.54) is 55.3 Å². The van der Waals surface area contributed by atoms with Gasteiger partial charge in [-0.1, -0.05) is 206 Å². The van der Waals surface area contributed by atoms with E-state index in [-0.39, 0.29) is 0 Å². The van der Waals surface area contributed by atoms with Crippen molar-refractivity contribution in [3.8, 4) is 33.4 Å². The first kappa shape index (κ1) is 35.0. The molecule has 1 heterocycles. The minimum Gasteiger partial charge on any atom is -0.454 e. The Morgan fingerprint density at radius 3 is 1.69 bits per heavy atom. The third-order valence-electron chi connectivity index (χ3n) is 12.7. The Bertz CT molecular complexity index is 3390. The van der Waals surface area contributed by atoms with E-state index in [1.54, 1.807) is 0 Å². The van der Waals surface area contributed by atoms with Gasteiger partial charge in [-0.05, 0) is 85.6 Å². The van der Waals surface area contributed by atoms with E-state index < -0.39 is 5.41 Å². The van der Waals surface area contributed by atoms with E-state index in [0.29, 0.717) is 0 Å². The molecule has 0 radical (unpaired) electrons. The van der Waals surface area contributed by atoms with Gasteiger partial charge in [0.15, 0.2) is 5.58 Å². The van der Waals surface area contributed by atoms with Crippen LogP contribution in [0.5, 0.6) is 0 Å². The molecule has 0 aliphatic heterocycles. The Kier molecular flexibility index (Phi) is 8.11. The van der Waals surface area contributed by atoms with E-state index in [4.69, 9.17) is 4.42 Å². The summed E-state index contributed by atoms with van der Waals surface area (Å²) in [4.78, 5) is 2.46. The van der Waals surface area contributed by atoms with Crippen molar-refractivity contribution in [2.75, 3.05) is 4.90 Å². The largest absolute Gasteiger partial charge is 0.454 e. The molecule has 0 spiro atoms. The Morgan fingerprint density at radius 2 is 0.869 bits per heavy atom. The number of benzene rings is 10. The van der Waals surface area contributed by atoms with Gasteiger partial charge in [-0.2, -0.15) is 0 Å². The van der Waals surface area contributed by atoms with Gasteiger partial charge in [-0.15, -0.1) is 0 Å². The van der Waals surface area contributed by atoms with E-state index >= 15 is 0 Å². The summed E-state index contributed by atoms with van der Waals surface area (Å²) in [5.41, 5.74) is 16.4. The van der Waals surface area contributed by atoms with Crippen molar-refractivity contribution >= 4 is 49.8 Å². The molecular weight excluding hydrogens is 739 g/mol. The van der Waals surface area contributed by atoms with Gasteiger partial charge < -0.3 is 9.32 Å². The number of anilines is 3. The van der Waals surface area contributed by atoms with Crippen LogP contribution in [0.2, 0.25) is 0 Å². The zero-order chi connectivity index (χ0) is 40.3. The Labute approximate surface area is 355 Å². The number of nitrogens with zero attached hydrogens (tertiary/aromatic N) is 1. The smallest absolute Gasteiger partial charge is 0.159 e. The summed E-state index contributed by atoms with van der Waals surface area (Å²) in [6.45, 7) is 0. The fourth-order valence-electron chi connectivity index (χ4n) is 10.2. The molecule has 2 nitrogen and oxygen atoms in total. The topological polar surface area (TPSA) is 16.4 Å². The van der Waals surface area contributed by atoms with Crippen LogP contribution in [-0.4, -0.2) is 0 Å². The zero-order valence-electron chi connectivity index (χ0n) is 33.4. The summed E-state index contributed by atoms with van der Waals surface area (Å²) >= 11 is 0. The fraction of sp³-hybridized carbons (Fsp3) is 0.0169. The lowest BCUT2D eigenvalue weighted by Crippen LogP contribution is -2.28. The average Bonchev–Trinajstić information content (AvgIpc) is 3.87. The Balaban J connectivity index is 1.16. The van der Waals surface area contributed by atoms with Gasteiger partial charge in [0.1, 0.15) is 5.58 Å². The molecule has 0 atom stereocenters. The number of hydrogen-bond acceptors (Lipinski definition) is 2. The quantitative estimate of drug-likeness (QED) is 0.160. The maximum absolute atomic E-state index is 6.90.